The first kappa shape index (κ1) is 12.1. The van der Waals surface area contributed by atoms with Gasteiger partial charge in [-0.05, 0) is 45.1 Å². The first-order valence-corrected chi connectivity index (χ1v) is 6.85. The summed E-state index contributed by atoms with van der Waals surface area (Å²) in [4.78, 5) is 0. The van der Waals surface area contributed by atoms with E-state index in [1.54, 1.807) is 5.57 Å². The van der Waals surface area contributed by atoms with Crippen molar-refractivity contribution in [2.75, 3.05) is 26.3 Å². The van der Waals surface area contributed by atoms with E-state index in [4.69, 9.17) is 4.74 Å². The van der Waals surface area contributed by atoms with E-state index in [-0.39, 0.29) is 0 Å². The molecule has 0 saturated carbocycles. The molecule has 1 heterocycles. The lowest BCUT2D eigenvalue weighted by Gasteiger charge is -2.41. The Morgan fingerprint density at radius 2 is 2.12 bits per heavy atom. The van der Waals surface area contributed by atoms with Crippen LogP contribution in [-0.2, 0) is 4.74 Å². The van der Waals surface area contributed by atoms with Gasteiger partial charge < -0.3 is 10.1 Å². The zero-order chi connectivity index (χ0) is 11.3. The monoisotopic (exact) mass is 223 g/mol. The summed E-state index contributed by atoms with van der Waals surface area (Å²) < 4.78 is 5.54. The van der Waals surface area contributed by atoms with E-state index in [0.29, 0.717) is 5.41 Å². The first-order valence-electron chi connectivity index (χ1n) is 6.85. The largest absolute Gasteiger partial charge is 0.381 e. The molecule has 2 rings (SSSR count). The van der Waals surface area contributed by atoms with Crippen molar-refractivity contribution in [3.05, 3.63) is 11.6 Å². The fraction of sp³-hybridized carbons (Fsp3) is 0.857. The maximum absolute atomic E-state index is 5.54. The Labute approximate surface area is 99.4 Å². The van der Waals surface area contributed by atoms with Crippen LogP contribution < -0.4 is 5.32 Å². The summed E-state index contributed by atoms with van der Waals surface area (Å²) in [6.45, 7) is 6.32. The highest BCUT2D eigenvalue weighted by atomic mass is 16.5. The van der Waals surface area contributed by atoms with Crippen molar-refractivity contribution < 1.29 is 4.74 Å². The van der Waals surface area contributed by atoms with Crippen LogP contribution in [0.25, 0.3) is 0 Å². The van der Waals surface area contributed by atoms with E-state index in [2.05, 4.69) is 18.3 Å². The summed E-state index contributed by atoms with van der Waals surface area (Å²) in [5.41, 5.74) is 2.15. The molecule has 1 aliphatic heterocycles. The minimum atomic E-state index is 0.425. The van der Waals surface area contributed by atoms with Gasteiger partial charge in [0.2, 0.25) is 0 Å². The quantitative estimate of drug-likeness (QED) is 0.740. The number of allylic oxidation sites excluding steroid dienone is 1. The van der Waals surface area contributed by atoms with E-state index in [0.717, 1.165) is 26.3 Å². The van der Waals surface area contributed by atoms with Crippen LogP contribution in [0.4, 0.5) is 0 Å². The molecule has 2 heteroatoms. The Morgan fingerprint density at radius 3 is 2.75 bits per heavy atom. The second-order valence-electron chi connectivity index (χ2n) is 5.15. The van der Waals surface area contributed by atoms with Gasteiger partial charge in [-0.3, -0.25) is 0 Å². The summed E-state index contributed by atoms with van der Waals surface area (Å²) in [5.74, 6) is 0. The zero-order valence-corrected chi connectivity index (χ0v) is 10.6. The van der Waals surface area contributed by atoms with Crippen molar-refractivity contribution in [2.45, 2.75) is 45.4 Å². The minimum Gasteiger partial charge on any atom is -0.381 e. The number of nitrogens with one attached hydrogen (secondary N) is 1. The first-order chi connectivity index (χ1) is 7.87. The Bertz CT molecular complexity index is 241. The highest BCUT2D eigenvalue weighted by molar-refractivity contribution is 5.18. The minimum absolute atomic E-state index is 0.425. The Hall–Kier alpha value is -0.340. The summed E-state index contributed by atoms with van der Waals surface area (Å²) in [6, 6.07) is 0. The predicted molar refractivity (Wildman–Crippen MR) is 67.6 cm³/mol. The summed E-state index contributed by atoms with van der Waals surface area (Å²) in [6.07, 6.45) is 10.3. The average molecular weight is 223 g/mol. The normalized spacial score (nSPS) is 25.2. The van der Waals surface area contributed by atoms with Gasteiger partial charge in [-0.15, -0.1) is 0 Å². The van der Waals surface area contributed by atoms with Gasteiger partial charge in [0, 0.05) is 25.2 Å². The topological polar surface area (TPSA) is 21.3 Å². The molecule has 0 spiro atoms. The fourth-order valence-electron chi connectivity index (χ4n) is 3.06. The number of rotatable bonds is 4. The van der Waals surface area contributed by atoms with E-state index in [9.17, 15) is 0 Å². The van der Waals surface area contributed by atoms with Crippen molar-refractivity contribution in [2.24, 2.45) is 5.41 Å². The smallest absolute Gasteiger partial charge is 0.0474 e. The van der Waals surface area contributed by atoms with Crippen molar-refractivity contribution in [1.82, 2.24) is 5.32 Å². The molecule has 0 aromatic carbocycles. The Morgan fingerprint density at radius 1 is 1.31 bits per heavy atom. The second kappa shape index (κ2) is 5.83. The molecule has 0 bridgehead atoms. The van der Waals surface area contributed by atoms with Crippen LogP contribution in [-0.4, -0.2) is 26.3 Å². The standard InChI is InChI=1S/C14H25NO/c1-2-15-12-14(8-10-16-11-9-14)13-6-4-3-5-7-13/h6,15H,2-5,7-12H2,1H3. The number of hydrogen-bond acceptors (Lipinski definition) is 2. The van der Waals surface area contributed by atoms with Gasteiger partial charge >= 0.3 is 0 Å². The van der Waals surface area contributed by atoms with Crippen LogP contribution in [0.1, 0.15) is 45.4 Å². The Kier molecular flexibility index (Phi) is 4.42. The van der Waals surface area contributed by atoms with Crippen LogP contribution in [0.15, 0.2) is 11.6 Å². The highest BCUT2D eigenvalue weighted by Gasteiger charge is 2.35. The summed E-state index contributed by atoms with van der Waals surface area (Å²) >= 11 is 0. The van der Waals surface area contributed by atoms with Gasteiger partial charge in [-0.25, -0.2) is 0 Å². The molecule has 0 amide bonds. The number of ether oxygens (including phenoxy) is 1. The maximum atomic E-state index is 5.54. The second-order valence-corrected chi connectivity index (χ2v) is 5.15. The van der Waals surface area contributed by atoms with E-state index in [1.807, 2.05) is 0 Å². The fourth-order valence-corrected chi connectivity index (χ4v) is 3.06. The predicted octanol–water partition coefficient (Wildman–Crippen LogP) is 2.89. The SMILES string of the molecule is CCNCC1(C2=CCCCC2)CCOCC1. The van der Waals surface area contributed by atoms with Crippen molar-refractivity contribution >= 4 is 0 Å². The molecule has 0 atom stereocenters. The van der Waals surface area contributed by atoms with E-state index < -0.39 is 0 Å². The van der Waals surface area contributed by atoms with Gasteiger partial charge in [-0.1, -0.05) is 18.6 Å². The van der Waals surface area contributed by atoms with Gasteiger partial charge in [0.25, 0.3) is 0 Å². The summed E-state index contributed by atoms with van der Waals surface area (Å²) in [5, 5.41) is 3.56. The van der Waals surface area contributed by atoms with Crippen molar-refractivity contribution in [3.63, 3.8) is 0 Å². The molecular weight excluding hydrogens is 198 g/mol. The lowest BCUT2D eigenvalue weighted by molar-refractivity contribution is 0.0303. The zero-order valence-electron chi connectivity index (χ0n) is 10.6. The third kappa shape index (κ3) is 2.67. The molecular formula is C14H25NO. The van der Waals surface area contributed by atoms with E-state index >= 15 is 0 Å². The third-order valence-corrected chi connectivity index (χ3v) is 4.14. The molecule has 0 aromatic rings. The van der Waals surface area contributed by atoms with Crippen LogP contribution in [0.3, 0.4) is 0 Å². The highest BCUT2D eigenvalue weighted by Crippen LogP contribution is 2.41. The molecule has 92 valence electrons. The molecule has 1 saturated heterocycles. The molecule has 0 unspecified atom stereocenters. The van der Waals surface area contributed by atoms with E-state index in [1.165, 1.54) is 38.5 Å². The van der Waals surface area contributed by atoms with Gasteiger partial charge in [0.1, 0.15) is 0 Å². The molecule has 2 aliphatic rings. The third-order valence-electron chi connectivity index (χ3n) is 4.14. The molecule has 1 N–H and O–H groups in total. The van der Waals surface area contributed by atoms with Crippen LogP contribution in [0.5, 0.6) is 0 Å². The molecule has 2 nitrogen and oxygen atoms in total. The molecule has 0 aromatic heterocycles. The van der Waals surface area contributed by atoms with Crippen LogP contribution in [0.2, 0.25) is 0 Å². The van der Waals surface area contributed by atoms with Crippen molar-refractivity contribution in [3.8, 4) is 0 Å². The van der Waals surface area contributed by atoms with Crippen LogP contribution in [0, 0.1) is 5.41 Å². The Balaban J connectivity index is 2.08. The van der Waals surface area contributed by atoms with Crippen molar-refractivity contribution in [1.29, 1.82) is 0 Å². The molecule has 1 aliphatic carbocycles. The average Bonchev–Trinajstić information content (AvgIpc) is 2.38. The maximum Gasteiger partial charge on any atom is 0.0474 e. The lowest BCUT2D eigenvalue weighted by atomic mass is 9.70. The van der Waals surface area contributed by atoms with Gasteiger partial charge in [0.05, 0.1) is 0 Å². The van der Waals surface area contributed by atoms with Gasteiger partial charge in [0.15, 0.2) is 0 Å². The van der Waals surface area contributed by atoms with Gasteiger partial charge in [-0.2, -0.15) is 0 Å². The molecule has 1 fully saturated rings. The number of hydrogen-bond donors (Lipinski definition) is 1. The lowest BCUT2D eigenvalue weighted by Crippen LogP contribution is -2.41. The van der Waals surface area contributed by atoms with Crippen LogP contribution >= 0.6 is 0 Å². The molecule has 16 heavy (non-hydrogen) atoms. The summed E-state index contributed by atoms with van der Waals surface area (Å²) in [7, 11) is 0. The molecule has 0 radical (unpaired) electrons.